The van der Waals surface area contributed by atoms with Gasteiger partial charge in [0.25, 0.3) is 11.8 Å². The lowest BCUT2D eigenvalue weighted by atomic mass is 10.1. The summed E-state index contributed by atoms with van der Waals surface area (Å²) >= 11 is 19.1. The predicted molar refractivity (Wildman–Crippen MR) is 121 cm³/mol. The van der Waals surface area contributed by atoms with Crippen molar-refractivity contribution in [1.82, 2.24) is 14.5 Å². The number of anilines is 1. The van der Waals surface area contributed by atoms with Gasteiger partial charge in [0.15, 0.2) is 5.82 Å². The molecule has 1 aromatic carbocycles. The predicted octanol–water partition coefficient (Wildman–Crippen LogP) is 5.66. The highest BCUT2D eigenvalue weighted by Gasteiger charge is 2.22. The summed E-state index contributed by atoms with van der Waals surface area (Å²) in [6, 6.07) is 8.14. The van der Waals surface area contributed by atoms with Gasteiger partial charge < -0.3 is 10.2 Å². The molecule has 2 amide bonds. The minimum absolute atomic E-state index is 0.260. The normalized spacial score (nSPS) is 10.7. The summed E-state index contributed by atoms with van der Waals surface area (Å²) in [4.78, 5) is 31.3. The van der Waals surface area contributed by atoms with E-state index in [1.54, 1.807) is 55.3 Å². The van der Waals surface area contributed by atoms with Crippen LogP contribution in [0.4, 0.5) is 5.69 Å². The number of aromatic nitrogens is 2. The van der Waals surface area contributed by atoms with E-state index in [0.29, 0.717) is 30.5 Å². The van der Waals surface area contributed by atoms with Crippen LogP contribution in [0.15, 0.2) is 51.7 Å². The van der Waals surface area contributed by atoms with Crippen molar-refractivity contribution in [3.05, 3.63) is 73.0 Å². The first-order valence-corrected chi connectivity index (χ1v) is 10.5. The monoisotopic (exact) mass is 558 g/mol. The largest absolute Gasteiger partial charge is 0.345 e. The first kappa shape index (κ1) is 21.8. The molecule has 150 valence electrons. The van der Waals surface area contributed by atoms with E-state index in [1.807, 2.05) is 0 Å². The maximum absolute atomic E-state index is 13.1. The summed E-state index contributed by atoms with van der Waals surface area (Å²) < 4.78 is 2.72. The van der Waals surface area contributed by atoms with Crippen LogP contribution in [-0.4, -0.2) is 40.4 Å². The van der Waals surface area contributed by atoms with Gasteiger partial charge in [-0.15, -0.1) is 0 Å². The maximum Gasteiger partial charge on any atom is 0.272 e. The Balaban J connectivity index is 2.05. The maximum atomic E-state index is 13.1. The molecule has 0 radical (unpaired) electrons. The zero-order valence-electron chi connectivity index (χ0n) is 15.2. The summed E-state index contributed by atoms with van der Waals surface area (Å²) in [6.45, 7) is 0. The number of hydrogen-bond donors (Lipinski definition) is 1. The van der Waals surface area contributed by atoms with Crippen molar-refractivity contribution in [3.63, 3.8) is 0 Å². The number of benzene rings is 1. The van der Waals surface area contributed by atoms with Crippen molar-refractivity contribution < 1.29 is 9.59 Å². The van der Waals surface area contributed by atoms with E-state index in [9.17, 15) is 9.59 Å². The molecule has 2 heterocycles. The number of carbonyl (C=O) groups excluding carboxylic acids is 2. The molecular formula is C19H14Br2Cl2N4O2. The first-order chi connectivity index (χ1) is 13.7. The zero-order valence-corrected chi connectivity index (χ0v) is 19.9. The van der Waals surface area contributed by atoms with Gasteiger partial charge in [-0.1, -0.05) is 23.2 Å². The number of amides is 2. The van der Waals surface area contributed by atoms with E-state index >= 15 is 0 Å². The highest BCUT2D eigenvalue weighted by atomic mass is 79.9. The summed E-state index contributed by atoms with van der Waals surface area (Å²) in [5, 5.41) is 3.55. The lowest BCUT2D eigenvalue weighted by molar-refractivity contribution is 0.0828. The molecule has 0 saturated carbocycles. The Morgan fingerprint density at radius 3 is 2.55 bits per heavy atom. The Bertz CT molecular complexity index is 1120. The van der Waals surface area contributed by atoms with Crippen LogP contribution >= 0.6 is 55.1 Å². The average Bonchev–Trinajstić information content (AvgIpc) is 3.05. The minimum Gasteiger partial charge on any atom is -0.345 e. The number of halogens is 4. The van der Waals surface area contributed by atoms with Gasteiger partial charge in [0.05, 0.1) is 16.3 Å². The molecule has 0 aliphatic heterocycles. The van der Waals surface area contributed by atoms with Gasteiger partial charge in [0, 0.05) is 40.5 Å². The molecule has 1 N–H and O–H groups in total. The fourth-order valence-corrected chi connectivity index (χ4v) is 4.17. The Morgan fingerprint density at radius 2 is 1.90 bits per heavy atom. The van der Waals surface area contributed by atoms with Gasteiger partial charge in [-0.3, -0.25) is 14.2 Å². The standard InChI is InChI=1S/C19H14Br2Cl2N4O2/c1-26(2)19(29)12-7-11(22)8-13(21)16(12)25-18(28)15-6-10(20)9-27(15)17-14(23)4-3-5-24-17/h3-9H,1-2H3,(H,25,28). The van der Waals surface area contributed by atoms with E-state index in [1.165, 1.54) is 11.0 Å². The minimum atomic E-state index is -0.451. The molecule has 3 rings (SSSR count). The number of carbonyl (C=O) groups is 2. The molecule has 3 aromatic rings. The number of nitrogens with zero attached hydrogens (tertiary/aromatic N) is 3. The van der Waals surface area contributed by atoms with E-state index in [0.717, 1.165) is 0 Å². The number of rotatable bonds is 4. The van der Waals surface area contributed by atoms with Crippen molar-refractivity contribution in [2.45, 2.75) is 0 Å². The molecule has 0 bridgehead atoms. The molecule has 0 fully saturated rings. The van der Waals surface area contributed by atoms with Crippen molar-refractivity contribution in [1.29, 1.82) is 0 Å². The van der Waals surface area contributed by atoms with Crippen LogP contribution in [0.3, 0.4) is 0 Å². The van der Waals surface area contributed by atoms with Crippen molar-refractivity contribution >= 4 is 72.6 Å². The van der Waals surface area contributed by atoms with Gasteiger partial charge in [-0.05, 0) is 62.2 Å². The molecule has 10 heteroatoms. The Morgan fingerprint density at radius 1 is 1.17 bits per heavy atom. The van der Waals surface area contributed by atoms with Crippen LogP contribution in [0.25, 0.3) is 5.82 Å². The fourth-order valence-electron chi connectivity index (χ4n) is 2.62. The molecule has 29 heavy (non-hydrogen) atoms. The average molecular weight is 561 g/mol. The van der Waals surface area contributed by atoms with Crippen LogP contribution in [0.2, 0.25) is 10.0 Å². The Hall–Kier alpha value is -1.87. The molecule has 0 spiro atoms. The lowest BCUT2D eigenvalue weighted by Crippen LogP contribution is -2.25. The van der Waals surface area contributed by atoms with Gasteiger partial charge >= 0.3 is 0 Å². The molecular weight excluding hydrogens is 547 g/mol. The van der Waals surface area contributed by atoms with Crippen LogP contribution in [0.1, 0.15) is 20.8 Å². The second-order valence-electron chi connectivity index (χ2n) is 6.19. The first-order valence-electron chi connectivity index (χ1n) is 8.20. The summed E-state index contributed by atoms with van der Waals surface area (Å²) in [7, 11) is 3.24. The van der Waals surface area contributed by atoms with Gasteiger partial charge in [0.1, 0.15) is 5.69 Å². The topological polar surface area (TPSA) is 67.2 Å². The van der Waals surface area contributed by atoms with Crippen LogP contribution < -0.4 is 5.32 Å². The smallest absolute Gasteiger partial charge is 0.272 e. The lowest BCUT2D eigenvalue weighted by Gasteiger charge is -2.17. The van der Waals surface area contributed by atoms with Gasteiger partial charge in [-0.25, -0.2) is 4.98 Å². The van der Waals surface area contributed by atoms with E-state index in [4.69, 9.17) is 23.2 Å². The van der Waals surface area contributed by atoms with E-state index < -0.39 is 5.91 Å². The van der Waals surface area contributed by atoms with Gasteiger partial charge in [-0.2, -0.15) is 0 Å². The third kappa shape index (κ3) is 4.66. The molecule has 0 saturated heterocycles. The van der Waals surface area contributed by atoms with Crippen molar-refractivity contribution in [2.24, 2.45) is 0 Å². The van der Waals surface area contributed by atoms with E-state index in [2.05, 4.69) is 42.2 Å². The molecule has 6 nitrogen and oxygen atoms in total. The number of pyridine rings is 1. The second-order valence-corrected chi connectivity index (χ2v) is 8.80. The fraction of sp³-hybridized carbons (Fsp3) is 0.105. The molecule has 0 atom stereocenters. The molecule has 0 aliphatic carbocycles. The second kappa shape index (κ2) is 8.87. The quantitative estimate of drug-likeness (QED) is 0.448. The highest BCUT2D eigenvalue weighted by molar-refractivity contribution is 9.10. The highest BCUT2D eigenvalue weighted by Crippen LogP contribution is 2.32. The number of nitrogens with one attached hydrogen (secondary N) is 1. The SMILES string of the molecule is CN(C)C(=O)c1cc(Cl)cc(Br)c1NC(=O)c1cc(Br)cn1-c1ncccc1Cl. The molecule has 0 unspecified atom stereocenters. The molecule has 2 aromatic heterocycles. The molecule has 0 aliphatic rings. The van der Waals surface area contributed by atoms with E-state index in [-0.39, 0.29) is 17.2 Å². The van der Waals surface area contributed by atoms with Crippen LogP contribution in [0, 0.1) is 0 Å². The van der Waals surface area contributed by atoms with Crippen molar-refractivity contribution in [3.8, 4) is 5.82 Å². The summed E-state index contributed by atoms with van der Waals surface area (Å²) in [6.07, 6.45) is 3.27. The third-order valence-electron chi connectivity index (χ3n) is 3.92. The van der Waals surface area contributed by atoms with Crippen LogP contribution in [-0.2, 0) is 0 Å². The van der Waals surface area contributed by atoms with Gasteiger partial charge in [0.2, 0.25) is 0 Å². The van der Waals surface area contributed by atoms with Crippen LogP contribution in [0.5, 0.6) is 0 Å². The zero-order chi connectivity index (χ0) is 21.3. The Labute approximate surface area is 194 Å². The Kier molecular flexibility index (Phi) is 6.68. The number of hydrogen-bond acceptors (Lipinski definition) is 3. The third-order valence-corrected chi connectivity index (χ3v) is 5.49. The summed E-state index contributed by atoms with van der Waals surface area (Å²) in [5.74, 6) is -0.342. The summed E-state index contributed by atoms with van der Waals surface area (Å²) in [5.41, 5.74) is 0.854. The van der Waals surface area contributed by atoms with Crippen molar-refractivity contribution in [2.75, 3.05) is 19.4 Å².